The van der Waals surface area contributed by atoms with E-state index in [0.717, 1.165) is 91.1 Å². The van der Waals surface area contributed by atoms with Gasteiger partial charge in [-0.1, -0.05) is 144 Å². The summed E-state index contributed by atoms with van der Waals surface area (Å²) in [6.07, 6.45) is 14.6. The molecule has 0 fully saturated rings. The van der Waals surface area contributed by atoms with Gasteiger partial charge in [0.15, 0.2) is 0 Å². The van der Waals surface area contributed by atoms with Crippen molar-refractivity contribution < 1.29 is 77.9 Å². The Balaban J connectivity index is 0.000000161. The number of benzene rings is 12. The van der Waals surface area contributed by atoms with Gasteiger partial charge in [-0.3, -0.25) is 37.5 Å². The quantitative estimate of drug-likeness (QED) is 0.0869. The number of para-hydroxylation sites is 4. The van der Waals surface area contributed by atoms with Crippen molar-refractivity contribution in [1.29, 1.82) is 0 Å². The first kappa shape index (κ1) is 94.7. The minimum absolute atomic E-state index is 0. The van der Waals surface area contributed by atoms with Crippen LogP contribution < -0.4 is 0 Å². The number of hydrogen-bond acceptors (Lipinski definition) is 8. The Hall–Kier alpha value is -13.2. The SMILES string of the molecule is Cc1cc(C)n(-c2[c-]cc(-c3ccccc3)cc2)n1.Cc1cc(C)n(-c2[c-]cc(-c3ccccc3)cc2)n1.Cc1cc(C)n(-c2[c-]cccc2)n1.Cc1cc(C)n(-c2[c-]cccc2)n1.[Rh+2].[Rh+2].[Rh+2].[Rh+2].[c-]1cc(-c2ccccc2)ccc1-n1cccn1.[c-]1cc(-c2ccccc2)ccc1-n1cccn1.[c-]1ccccc1-n1cccn1.[c-]1ccccc1-n1cccn1. The van der Waals surface area contributed by atoms with E-state index in [4.69, 9.17) is 0 Å². The van der Waals surface area contributed by atoms with Crippen LogP contribution in [0.5, 0.6) is 0 Å². The van der Waals surface area contributed by atoms with Crippen LogP contribution in [0.1, 0.15) is 45.6 Å². The normalized spacial score (nSPS) is 10.0. The molecule has 0 aliphatic rings. The summed E-state index contributed by atoms with van der Waals surface area (Å²) in [4.78, 5) is 0. The van der Waals surface area contributed by atoms with E-state index in [-0.39, 0.29) is 77.9 Å². The van der Waals surface area contributed by atoms with Crippen LogP contribution >= 0.6 is 0 Å². The third-order valence-corrected chi connectivity index (χ3v) is 18.3. The number of hydrogen-bond donors (Lipinski definition) is 0. The average molecular weight is 1970 g/mol. The minimum atomic E-state index is 0. The fourth-order valence-electron chi connectivity index (χ4n) is 12.7. The van der Waals surface area contributed by atoms with Crippen molar-refractivity contribution in [2.24, 2.45) is 0 Å². The van der Waals surface area contributed by atoms with Gasteiger partial charge in [-0.25, -0.2) is 0 Å². The van der Waals surface area contributed by atoms with Gasteiger partial charge in [-0.05, 0) is 149 Å². The van der Waals surface area contributed by atoms with Gasteiger partial charge in [-0.15, -0.1) is 70.8 Å². The molecule has 0 saturated heterocycles. The molecule has 8 aromatic heterocycles. The second-order valence-electron chi connectivity index (χ2n) is 27.5. The van der Waals surface area contributed by atoms with Crippen molar-refractivity contribution in [3.05, 3.63) is 483 Å². The van der Waals surface area contributed by atoms with Gasteiger partial charge in [0.05, 0.1) is 22.8 Å². The van der Waals surface area contributed by atoms with Crippen LogP contribution in [0.15, 0.2) is 389 Å². The predicted molar refractivity (Wildman–Crippen MR) is 479 cm³/mol. The molecule has 0 spiro atoms. The monoisotopic (exact) mass is 1970 g/mol. The molecule has 12 aromatic carbocycles. The third-order valence-electron chi connectivity index (χ3n) is 18.3. The standard InChI is InChI=1S/2C17H15N2.2C15H11N2.2C11H11N2.2C9H7N2.4Rh/c2*1-13-12-14(2)19(18-13)17-10-8-16(9-11-17)15-6-4-3-5-7-15;2*1-2-5-13(6-3-1)14-7-9-15(10-8-14)17-12-4-11-16-17;2*1-9-8-10(2)13(12-9)11-6-4-3-5-7-11;2*1-2-5-9(6-3-1)11-8-4-7-10-11;;;;/h2*3-10,12H,1-2H3;2*1-9,11-12H;2*3-6,8H,1-2H3;2*1-5,7-8H;;;;/q8*-1;4*+2. The molecule has 20 heteroatoms. The zero-order valence-corrected chi connectivity index (χ0v) is 76.0. The Morgan fingerprint density at radius 2 is 0.395 bits per heavy atom. The molecule has 20 aromatic rings. The molecular weight excluding hydrogens is 1880 g/mol. The fraction of sp³-hybridized carbons (Fsp3) is 0.0769. The van der Waals surface area contributed by atoms with Crippen LogP contribution in [0.2, 0.25) is 0 Å². The van der Waals surface area contributed by atoms with Crippen LogP contribution in [0, 0.1) is 104 Å². The molecule has 4 radical (unpaired) electrons. The second-order valence-corrected chi connectivity index (χ2v) is 27.5. The molecule has 0 aliphatic heterocycles. The molecule has 0 saturated carbocycles. The summed E-state index contributed by atoms with van der Waals surface area (Å²) >= 11 is 0. The molecule has 0 amide bonds. The van der Waals surface area contributed by atoms with Crippen LogP contribution in [0.25, 0.3) is 90.0 Å². The Labute approximate surface area is 778 Å². The average Bonchev–Trinajstić information content (AvgIpc) is 1.61. The van der Waals surface area contributed by atoms with Gasteiger partial charge < -0.3 is 0 Å². The third kappa shape index (κ3) is 27.4. The van der Waals surface area contributed by atoms with Crippen LogP contribution in [0.4, 0.5) is 0 Å². The maximum atomic E-state index is 4.47. The summed E-state index contributed by atoms with van der Waals surface area (Å²) in [5, 5.41) is 34.2. The van der Waals surface area contributed by atoms with Gasteiger partial charge in [0.2, 0.25) is 0 Å². The van der Waals surface area contributed by atoms with Gasteiger partial charge in [0, 0.05) is 72.4 Å². The summed E-state index contributed by atoms with van der Waals surface area (Å²) in [7, 11) is 0. The van der Waals surface area contributed by atoms with Crippen LogP contribution in [-0.2, 0) is 77.9 Å². The summed E-state index contributed by atoms with van der Waals surface area (Å²) in [6.45, 7) is 16.2. The molecule has 124 heavy (non-hydrogen) atoms. The Bertz CT molecular complexity index is 5890. The molecule has 620 valence electrons. The fourth-order valence-corrected chi connectivity index (χ4v) is 12.7. The van der Waals surface area contributed by atoms with Gasteiger partial charge in [0.1, 0.15) is 0 Å². The van der Waals surface area contributed by atoms with Crippen molar-refractivity contribution >= 4 is 0 Å². The molecule has 0 aliphatic carbocycles. The maximum Gasteiger partial charge on any atom is 2.00 e. The van der Waals surface area contributed by atoms with E-state index in [0.29, 0.717) is 0 Å². The Morgan fingerprint density at radius 1 is 0.194 bits per heavy atom. The molecule has 0 atom stereocenters. The second kappa shape index (κ2) is 49.1. The van der Waals surface area contributed by atoms with E-state index in [1.807, 2.05) is 316 Å². The summed E-state index contributed by atoms with van der Waals surface area (Å²) in [6, 6.07) is 138. The van der Waals surface area contributed by atoms with E-state index < -0.39 is 0 Å². The number of aromatic nitrogens is 16. The van der Waals surface area contributed by atoms with Crippen molar-refractivity contribution in [2.45, 2.75) is 55.4 Å². The summed E-state index contributed by atoms with van der Waals surface area (Å²) in [5.74, 6) is 0. The molecule has 0 bridgehead atoms. The van der Waals surface area contributed by atoms with E-state index in [9.17, 15) is 0 Å². The van der Waals surface area contributed by atoms with E-state index in [2.05, 4.69) is 212 Å². The van der Waals surface area contributed by atoms with Crippen molar-refractivity contribution in [3.8, 4) is 90.0 Å². The van der Waals surface area contributed by atoms with Gasteiger partial charge >= 0.3 is 77.9 Å². The first-order valence-electron chi connectivity index (χ1n) is 39.1. The van der Waals surface area contributed by atoms with Crippen molar-refractivity contribution in [1.82, 2.24) is 78.2 Å². The topological polar surface area (TPSA) is 143 Å². The van der Waals surface area contributed by atoms with Gasteiger partial charge in [0.25, 0.3) is 0 Å². The Morgan fingerprint density at radius 3 is 0.573 bits per heavy atom. The van der Waals surface area contributed by atoms with Gasteiger partial charge in [-0.2, -0.15) is 211 Å². The number of rotatable bonds is 12. The molecule has 0 unspecified atom stereocenters. The maximum absolute atomic E-state index is 4.47. The zero-order chi connectivity index (χ0) is 83.0. The van der Waals surface area contributed by atoms with Crippen molar-refractivity contribution in [2.75, 3.05) is 0 Å². The van der Waals surface area contributed by atoms with Crippen LogP contribution in [0.3, 0.4) is 0 Å². The number of nitrogens with zero attached hydrogens (tertiary/aromatic N) is 16. The first-order chi connectivity index (χ1) is 58.8. The minimum Gasteiger partial charge on any atom is -0.266 e. The summed E-state index contributed by atoms with van der Waals surface area (Å²) in [5.41, 5.74) is 25.9. The van der Waals surface area contributed by atoms with Crippen LogP contribution in [-0.4, -0.2) is 78.2 Å². The van der Waals surface area contributed by atoms with E-state index in [1.165, 1.54) is 44.5 Å². The largest absolute Gasteiger partial charge is 2.00 e. The smallest absolute Gasteiger partial charge is 0.266 e. The molecule has 16 nitrogen and oxygen atoms in total. The molecular formula is C104H88N16Rh4. The van der Waals surface area contributed by atoms with E-state index in [1.54, 1.807) is 43.5 Å². The molecule has 0 N–H and O–H groups in total. The number of aryl methyl sites for hydroxylation is 8. The predicted octanol–water partition coefficient (Wildman–Crippen LogP) is 22.5. The molecule has 20 rings (SSSR count). The zero-order valence-electron chi connectivity index (χ0n) is 69.4. The Kier molecular flexibility index (Phi) is 37.4. The summed E-state index contributed by atoms with van der Waals surface area (Å²) < 4.78 is 14.8. The van der Waals surface area contributed by atoms with Crippen molar-refractivity contribution in [3.63, 3.8) is 0 Å². The first-order valence-corrected chi connectivity index (χ1v) is 39.1. The molecule has 8 heterocycles. The van der Waals surface area contributed by atoms with E-state index >= 15 is 0 Å².